The molecule has 2 rings (SSSR count). The second-order valence-electron chi connectivity index (χ2n) is 4.16. The average molecular weight is 231 g/mol. The Balaban J connectivity index is 2.26. The van der Waals surface area contributed by atoms with Crippen LogP contribution in [0.1, 0.15) is 30.1 Å². The smallest absolute Gasteiger partial charge is 0.340 e. The van der Waals surface area contributed by atoms with Gasteiger partial charge in [0.1, 0.15) is 0 Å². The molecule has 0 fully saturated rings. The summed E-state index contributed by atoms with van der Waals surface area (Å²) in [6.07, 6.45) is 3.78. The minimum Gasteiger partial charge on any atom is -0.462 e. The second-order valence-corrected chi connectivity index (χ2v) is 4.16. The van der Waals surface area contributed by atoms with Gasteiger partial charge >= 0.3 is 5.97 Å². The lowest BCUT2D eigenvalue weighted by Crippen LogP contribution is -2.05. The van der Waals surface area contributed by atoms with Crippen LogP contribution >= 0.6 is 0 Å². The van der Waals surface area contributed by atoms with E-state index in [-0.39, 0.29) is 5.97 Å². The fourth-order valence-corrected chi connectivity index (χ4v) is 1.89. The van der Waals surface area contributed by atoms with E-state index in [1.165, 1.54) is 0 Å². The summed E-state index contributed by atoms with van der Waals surface area (Å²) in [6.45, 7) is 2.57. The molecule has 1 heterocycles. The Bertz CT molecular complexity index is 528. The van der Waals surface area contributed by atoms with Gasteiger partial charge in [-0.1, -0.05) is 31.5 Å². The summed E-state index contributed by atoms with van der Waals surface area (Å²) < 4.78 is 7.19. The second kappa shape index (κ2) is 5.04. The molecule has 0 aliphatic heterocycles. The lowest BCUT2D eigenvalue weighted by Gasteiger charge is -2.02. The van der Waals surface area contributed by atoms with E-state index in [1.807, 2.05) is 42.1 Å². The molecule has 0 radical (unpaired) electrons. The number of aryl methyl sites for hydroxylation is 1. The third-order valence-corrected chi connectivity index (χ3v) is 2.85. The lowest BCUT2D eigenvalue weighted by molar-refractivity contribution is 0.0502. The number of hydrogen-bond donors (Lipinski definition) is 0. The first-order valence-corrected chi connectivity index (χ1v) is 5.95. The molecular formula is C14H17NO2. The number of hydrogen-bond acceptors (Lipinski definition) is 2. The molecule has 0 saturated heterocycles. The fraction of sp³-hybridized carbons (Fsp3) is 0.357. The number of aromatic nitrogens is 1. The molecule has 3 heteroatoms. The summed E-state index contributed by atoms with van der Waals surface area (Å²) in [6, 6.07) is 7.85. The van der Waals surface area contributed by atoms with Crippen LogP contribution in [-0.2, 0) is 11.8 Å². The van der Waals surface area contributed by atoms with Gasteiger partial charge < -0.3 is 9.30 Å². The number of nitrogens with zero attached hydrogens (tertiary/aromatic N) is 1. The highest BCUT2D eigenvalue weighted by molar-refractivity contribution is 6.04. The summed E-state index contributed by atoms with van der Waals surface area (Å²) >= 11 is 0. The number of carbonyl (C=O) groups is 1. The van der Waals surface area contributed by atoms with E-state index >= 15 is 0 Å². The van der Waals surface area contributed by atoms with Crippen molar-refractivity contribution in [3.63, 3.8) is 0 Å². The van der Waals surface area contributed by atoms with E-state index in [9.17, 15) is 4.79 Å². The molecule has 1 aromatic carbocycles. The van der Waals surface area contributed by atoms with Crippen LogP contribution in [0.3, 0.4) is 0 Å². The highest BCUT2D eigenvalue weighted by Gasteiger charge is 2.14. The lowest BCUT2D eigenvalue weighted by atomic mass is 10.2. The summed E-state index contributed by atoms with van der Waals surface area (Å²) in [5, 5.41) is 0.955. The maximum absolute atomic E-state index is 11.9. The van der Waals surface area contributed by atoms with E-state index in [2.05, 4.69) is 6.92 Å². The van der Waals surface area contributed by atoms with Crippen molar-refractivity contribution < 1.29 is 9.53 Å². The van der Waals surface area contributed by atoms with Gasteiger partial charge in [-0.05, 0) is 12.5 Å². The van der Waals surface area contributed by atoms with Crippen molar-refractivity contribution in [1.82, 2.24) is 4.57 Å². The molecule has 0 aliphatic carbocycles. The summed E-state index contributed by atoms with van der Waals surface area (Å²) in [7, 11) is 1.94. The Morgan fingerprint density at radius 1 is 1.35 bits per heavy atom. The third kappa shape index (κ3) is 2.33. The summed E-state index contributed by atoms with van der Waals surface area (Å²) in [5.74, 6) is -0.227. The van der Waals surface area contributed by atoms with E-state index in [1.54, 1.807) is 0 Å². The Labute approximate surface area is 101 Å². The zero-order valence-electron chi connectivity index (χ0n) is 10.3. The van der Waals surface area contributed by atoms with Crippen molar-refractivity contribution in [3.8, 4) is 0 Å². The maximum atomic E-state index is 11.9. The van der Waals surface area contributed by atoms with Crippen LogP contribution in [0, 0.1) is 0 Å². The molecule has 0 unspecified atom stereocenters. The van der Waals surface area contributed by atoms with Gasteiger partial charge in [0.25, 0.3) is 0 Å². The summed E-state index contributed by atoms with van der Waals surface area (Å²) in [5.41, 5.74) is 1.70. The molecule has 2 aromatic rings. The number of para-hydroxylation sites is 1. The Morgan fingerprint density at radius 2 is 2.12 bits per heavy atom. The first-order valence-electron chi connectivity index (χ1n) is 5.95. The quantitative estimate of drug-likeness (QED) is 0.598. The van der Waals surface area contributed by atoms with Crippen LogP contribution < -0.4 is 0 Å². The standard InChI is InChI=1S/C14H17NO2/c1-3-4-9-17-14(16)12-10-15(2)13-8-6-5-7-11(12)13/h5-8,10H,3-4,9H2,1-2H3. The SMILES string of the molecule is CCCCOC(=O)c1cn(C)c2ccccc12. The van der Waals surface area contributed by atoms with E-state index in [0.29, 0.717) is 12.2 Å². The topological polar surface area (TPSA) is 31.2 Å². The molecule has 0 bridgehead atoms. The number of rotatable bonds is 4. The normalized spacial score (nSPS) is 10.7. The minimum atomic E-state index is -0.227. The fourth-order valence-electron chi connectivity index (χ4n) is 1.89. The largest absolute Gasteiger partial charge is 0.462 e. The van der Waals surface area contributed by atoms with Gasteiger partial charge in [-0.15, -0.1) is 0 Å². The minimum absolute atomic E-state index is 0.227. The first kappa shape index (κ1) is 11.7. The van der Waals surface area contributed by atoms with E-state index in [4.69, 9.17) is 4.74 Å². The van der Waals surface area contributed by atoms with Gasteiger partial charge in [-0.3, -0.25) is 0 Å². The number of carbonyl (C=O) groups excluding carboxylic acids is 1. The molecule has 1 aromatic heterocycles. The van der Waals surface area contributed by atoms with Gasteiger partial charge in [0.05, 0.1) is 12.2 Å². The van der Waals surface area contributed by atoms with Crippen LogP contribution in [0.5, 0.6) is 0 Å². The zero-order valence-corrected chi connectivity index (χ0v) is 10.3. The number of ether oxygens (including phenoxy) is 1. The number of esters is 1. The number of unbranched alkanes of at least 4 members (excludes halogenated alkanes) is 1. The van der Waals surface area contributed by atoms with Crippen LogP contribution in [-0.4, -0.2) is 17.1 Å². The molecule has 0 saturated carbocycles. The molecule has 0 atom stereocenters. The molecular weight excluding hydrogens is 214 g/mol. The molecule has 90 valence electrons. The Hall–Kier alpha value is -1.77. The number of benzene rings is 1. The van der Waals surface area contributed by atoms with Crippen molar-refractivity contribution in [2.75, 3.05) is 6.61 Å². The molecule has 0 amide bonds. The van der Waals surface area contributed by atoms with Crippen molar-refractivity contribution in [2.45, 2.75) is 19.8 Å². The number of fused-ring (bicyclic) bond motifs is 1. The van der Waals surface area contributed by atoms with Gasteiger partial charge in [0.2, 0.25) is 0 Å². The van der Waals surface area contributed by atoms with Crippen molar-refractivity contribution in [3.05, 3.63) is 36.0 Å². The molecule has 0 N–H and O–H groups in total. The maximum Gasteiger partial charge on any atom is 0.340 e. The van der Waals surface area contributed by atoms with E-state index < -0.39 is 0 Å². The molecule has 0 aliphatic rings. The van der Waals surface area contributed by atoms with Crippen LogP contribution in [0.4, 0.5) is 0 Å². The highest BCUT2D eigenvalue weighted by atomic mass is 16.5. The molecule has 0 spiro atoms. The van der Waals surface area contributed by atoms with Gasteiger partial charge in [-0.2, -0.15) is 0 Å². The van der Waals surface area contributed by atoms with Crippen molar-refractivity contribution >= 4 is 16.9 Å². The van der Waals surface area contributed by atoms with Gasteiger partial charge in [-0.25, -0.2) is 4.79 Å². The van der Waals surface area contributed by atoms with Gasteiger partial charge in [0, 0.05) is 24.1 Å². The predicted octanol–water partition coefficient (Wildman–Crippen LogP) is 3.14. The molecule has 17 heavy (non-hydrogen) atoms. The zero-order chi connectivity index (χ0) is 12.3. The van der Waals surface area contributed by atoms with Crippen LogP contribution in [0.25, 0.3) is 10.9 Å². The summed E-state index contributed by atoms with van der Waals surface area (Å²) in [4.78, 5) is 11.9. The molecule has 3 nitrogen and oxygen atoms in total. The average Bonchev–Trinajstić information content (AvgIpc) is 2.68. The highest BCUT2D eigenvalue weighted by Crippen LogP contribution is 2.20. The third-order valence-electron chi connectivity index (χ3n) is 2.85. The van der Waals surface area contributed by atoms with Crippen LogP contribution in [0.15, 0.2) is 30.5 Å². The monoisotopic (exact) mass is 231 g/mol. The van der Waals surface area contributed by atoms with E-state index in [0.717, 1.165) is 23.7 Å². The van der Waals surface area contributed by atoms with Crippen molar-refractivity contribution in [2.24, 2.45) is 7.05 Å². The van der Waals surface area contributed by atoms with Crippen molar-refractivity contribution in [1.29, 1.82) is 0 Å². The van der Waals surface area contributed by atoms with Crippen LogP contribution in [0.2, 0.25) is 0 Å². The Kier molecular flexibility index (Phi) is 3.47. The Morgan fingerprint density at radius 3 is 2.88 bits per heavy atom. The predicted molar refractivity (Wildman–Crippen MR) is 68.1 cm³/mol. The first-order chi connectivity index (χ1) is 8.24. The van der Waals surface area contributed by atoms with Gasteiger partial charge in [0.15, 0.2) is 0 Å².